The Bertz CT molecular complexity index is 577. The number of rotatable bonds is 2. The molecule has 1 N–H and O–H groups in total. The zero-order valence-corrected chi connectivity index (χ0v) is 12.3. The molecule has 0 radical (unpaired) electrons. The van der Waals surface area contributed by atoms with E-state index in [0.29, 0.717) is 0 Å². The van der Waals surface area contributed by atoms with E-state index in [1.54, 1.807) is 11.3 Å². The van der Waals surface area contributed by atoms with E-state index in [1.807, 2.05) is 42.2 Å². The van der Waals surface area contributed by atoms with Crippen molar-refractivity contribution >= 4 is 23.1 Å². The average Bonchev–Trinajstić information content (AvgIpc) is 3.11. The Morgan fingerprint density at radius 2 is 2.10 bits per heavy atom. The molecule has 2 amide bonds. The molecule has 1 fully saturated rings. The van der Waals surface area contributed by atoms with Crippen molar-refractivity contribution in [2.45, 2.75) is 25.8 Å². The molecule has 0 bridgehead atoms. The molecule has 20 heavy (non-hydrogen) atoms. The molecule has 0 saturated carbocycles. The van der Waals surface area contributed by atoms with Crippen LogP contribution in [0.1, 0.15) is 29.3 Å². The van der Waals surface area contributed by atoms with Gasteiger partial charge in [-0.15, -0.1) is 11.3 Å². The topological polar surface area (TPSA) is 32.3 Å². The molecule has 104 valence electrons. The number of nitrogens with one attached hydrogen (secondary N) is 1. The maximum atomic E-state index is 12.4. The van der Waals surface area contributed by atoms with Gasteiger partial charge in [0.05, 0.1) is 6.04 Å². The molecule has 1 aliphatic heterocycles. The maximum absolute atomic E-state index is 12.4. The van der Waals surface area contributed by atoms with Gasteiger partial charge in [0.25, 0.3) is 0 Å². The summed E-state index contributed by atoms with van der Waals surface area (Å²) in [7, 11) is 0. The number of urea groups is 1. The first-order valence-electron chi connectivity index (χ1n) is 6.92. The molecule has 0 aliphatic carbocycles. The van der Waals surface area contributed by atoms with Gasteiger partial charge in [0.1, 0.15) is 0 Å². The number of hydrogen-bond donors (Lipinski definition) is 1. The quantitative estimate of drug-likeness (QED) is 0.870. The van der Waals surface area contributed by atoms with E-state index in [1.165, 1.54) is 10.4 Å². The van der Waals surface area contributed by atoms with Crippen LogP contribution in [0.5, 0.6) is 0 Å². The molecule has 1 aliphatic rings. The molecule has 0 unspecified atom stereocenters. The molecule has 3 nitrogen and oxygen atoms in total. The number of likely N-dealkylation sites (tertiary alicyclic amines) is 1. The number of benzene rings is 1. The van der Waals surface area contributed by atoms with E-state index < -0.39 is 0 Å². The second-order valence-electron chi connectivity index (χ2n) is 5.16. The minimum absolute atomic E-state index is 0.00440. The number of hydrogen-bond acceptors (Lipinski definition) is 2. The SMILES string of the molecule is Cc1ccc(NC(=O)N2CCC[C@H]2c2cccs2)cc1. The lowest BCUT2D eigenvalue weighted by atomic mass is 10.2. The molecule has 2 heterocycles. The van der Waals surface area contributed by atoms with E-state index in [4.69, 9.17) is 0 Å². The van der Waals surface area contributed by atoms with E-state index in [0.717, 1.165) is 25.1 Å². The van der Waals surface area contributed by atoms with Gasteiger partial charge in [-0.25, -0.2) is 4.79 Å². The Labute approximate surface area is 123 Å². The summed E-state index contributed by atoms with van der Waals surface area (Å²) >= 11 is 1.73. The molecule has 1 saturated heterocycles. The lowest BCUT2D eigenvalue weighted by Gasteiger charge is -2.24. The van der Waals surface area contributed by atoms with E-state index in [-0.39, 0.29) is 12.1 Å². The Balaban J connectivity index is 1.71. The summed E-state index contributed by atoms with van der Waals surface area (Å²) in [5.41, 5.74) is 2.05. The number of nitrogens with zero attached hydrogens (tertiary/aromatic N) is 1. The highest BCUT2D eigenvalue weighted by molar-refractivity contribution is 7.10. The molecule has 1 aromatic carbocycles. The van der Waals surface area contributed by atoms with Crippen LogP contribution in [-0.2, 0) is 0 Å². The van der Waals surface area contributed by atoms with Crippen LogP contribution in [0, 0.1) is 6.92 Å². The first-order valence-corrected chi connectivity index (χ1v) is 7.80. The van der Waals surface area contributed by atoms with Crippen molar-refractivity contribution in [2.75, 3.05) is 11.9 Å². The van der Waals surface area contributed by atoms with Crippen LogP contribution in [0.2, 0.25) is 0 Å². The van der Waals surface area contributed by atoms with Crippen molar-refractivity contribution in [3.05, 3.63) is 52.2 Å². The highest BCUT2D eigenvalue weighted by Gasteiger charge is 2.30. The van der Waals surface area contributed by atoms with Crippen LogP contribution in [0.15, 0.2) is 41.8 Å². The molecule has 1 atom stereocenters. The van der Waals surface area contributed by atoms with Gasteiger partial charge < -0.3 is 10.2 Å². The monoisotopic (exact) mass is 286 g/mol. The van der Waals surface area contributed by atoms with Gasteiger partial charge in [0, 0.05) is 17.1 Å². The van der Waals surface area contributed by atoms with E-state index in [2.05, 4.69) is 16.8 Å². The maximum Gasteiger partial charge on any atom is 0.322 e. The van der Waals surface area contributed by atoms with Gasteiger partial charge in [0.15, 0.2) is 0 Å². The third kappa shape index (κ3) is 2.70. The Morgan fingerprint density at radius 1 is 1.30 bits per heavy atom. The van der Waals surface area contributed by atoms with Crippen molar-refractivity contribution in [2.24, 2.45) is 0 Å². The predicted octanol–water partition coefficient (Wildman–Crippen LogP) is 4.43. The van der Waals surface area contributed by atoms with Crippen LogP contribution >= 0.6 is 11.3 Å². The van der Waals surface area contributed by atoms with E-state index in [9.17, 15) is 4.79 Å². The molecule has 4 heteroatoms. The number of amides is 2. The van der Waals surface area contributed by atoms with Gasteiger partial charge >= 0.3 is 6.03 Å². The van der Waals surface area contributed by atoms with Crippen LogP contribution in [0.3, 0.4) is 0 Å². The van der Waals surface area contributed by atoms with Gasteiger partial charge in [-0.3, -0.25) is 0 Å². The minimum Gasteiger partial charge on any atom is -0.317 e. The second-order valence-corrected chi connectivity index (χ2v) is 6.14. The van der Waals surface area contributed by atoms with Crippen molar-refractivity contribution < 1.29 is 4.79 Å². The fraction of sp³-hybridized carbons (Fsp3) is 0.312. The zero-order chi connectivity index (χ0) is 13.9. The molecular weight excluding hydrogens is 268 g/mol. The van der Waals surface area contributed by atoms with Crippen LogP contribution < -0.4 is 5.32 Å². The number of carbonyl (C=O) groups is 1. The molecule has 0 spiro atoms. The Morgan fingerprint density at radius 3 is 2.80 bits per heavy atom. The van der Waals surface area contributed by atoms with Crippen LogP contribution in [0.4, 0.5) is 10.5 Å². The number of carbonyl (C=O) groups excluding carboxylic acids is 1. The molecular formula is C16H18N2OS. The van der Waals surface area contributed by atoms with Crippen molar-refractivity contribution in [1.29, 1.82) is 0 Å². The largest absolute Gasteiger partial charge is 0.322 e. The fourth-order valence-corrected chi connectivity index (χ4v) is 3.49. The third-order valence-corrected chi connectivity index (χ3v) is 4.66. The minimum atomic E-state index is 0.00440. The Kier molecular flexibility index (Phi) is 3.74. The summed E-state index contributed by atoms with van der Waals surface area (Å²) in [5.74, 6) is 0. The van der Waals surface area contributed by atoms with Crippen molar-refractivity contribution in [1.82, 2.24) is 4.90 Å². The number of anilines is 1. The highest BCUT2D eigenvalue weighted by Crippen LogP contribution is 2.34. The predicted molar refractivity (Wildman–Crippen MR) is 83.2 cm³/mol. The van der Waals surface area contributed by atoms with Gasteiger partial charge in [-0.1, -0.05) is 23.8 Å². The summed E-state index contributed by atoms with van der Waals surface area (Å²) in [6.07, 6.45) is 2.13. The summed E-state index contributed by atoms with van der Waals surface area (Å²) in [6, 6.07) is 12.3. The summed E-state index contributed by atoms with van der Waals surface area (Å²) in [5, 5.41) is 5.07. The highest BCUT2D eigenvalue weighted by atomic mass is 32.1. The van der Waals surface area contributed by atoms with E-state index >= 15 is 0 Å². The fourth-order valence-electron chi connectivity index (χ4n) is 2.62. The normalized spacial score (nSPS) is 18.2. The zero-order valence-electron chi connectivity index (χ0n) is 11.5. The first-order chi connectivity index (χ1) is 9.74. The summed E-state index contributed by atoms with van der Waals surface area (Å²) in [6.45, 7) is 2.87. The van der Waals surface area contributed by atoms with Gasteiger partial charge in [-0.2, -0.15) is 0 Å². The lowest BCUT2D eigenvalue weighted by molar-refractivity contribution is 0.208. The third-order valence-electron chi connectivity index (χ3n) is 3.69. The average molecular weight is 286 g/mol. The van der Waals surface area contributed by atoms with Crippen molar-refractivity contribution in [3.8, 4) is 0 Å². The van der Waals surface area contributed by atoms with Gasteiger partial charge in [-0.05, 0) is 43.3 Å². The standard InChI is InChI=1S/C16H18N2OS/c1-12-6-8-13(9-7-12)17-16(19)18-10-2-4-14(18)15-5-3-11-20-15/h3,5-9,11,14H,2,4,10H2,1H3,(H,17,19)/t14-/m0/s1. The summed E-state index contributed by atoms with van der Waals surface area (Å²) in [4.78, 5) is 15.7. The molecule has 3 rings (SSSR count). The smallest absolute Gasteiger partial charge is 0.317 e. The van der Waals surface area contributed by atoms with Crippen LogP contribution in [-0.4, -0.2) is 17.5 Å². The second kappa shape index (κ2) is 5.67. The molecule has 1 aromatic heterocycles. The van der Waals surface area contributed by atoms with Crippen molar-refractivity contribution in [3.63, 3.8) is 0 Å². The first kappa shape index (κ1) is 13.2. The van der Waals surface area contributed by atoms with Crippen LogP contribution in [0.25, 0.3) is 0 Å². The summed E-state index contributed by atoms with van der Waals surface area (Å²) < 4.78 is 0. The lowest BCUT2D eigenvalue weighted by Crippen LogP contribution is -2.34. The Hall–Kier alpha value is -1.81. The number of aryl methyl sites for hydroxylation is 1. The molecule has 2 aromatic rings. The van der Waals surface area contributed by atoms with Gasteiger partial charge in [0.2, 0.25) is 0 Å². The number of thiophene rings is 1.